The van der Waals surface area contributed by atoms with E-state index < -0.39 is 40.9 Å². The molecule has 2 unspecified atom stereocenters. The summed E-state index contributed by atoms with van der Waals surface area (Å²) in [4.78, 5) is 71.8. The van der Waals surface area contributed by atoms with E-state index in [1.807, 2.05) is 37.1 Å². The molecule has 0 bridgehead atoms. The first kappa shape index (κ1) is 45.0. The molecule has 316 valence electrons. The van der Waals surface area contributed by atoms with Gasteiger partial charge in [0.05, 0.1) is 20.2 Å². The molecule has 3 amide bonds. The number of anilines is 1. The molecule has 3 aromatic heterocycles. The average Bonchev–Trinajstić information content (AvgIpc) is 3.79. The van der Waals surface area contributed by atoms with Gasteiger partial charge in [-0.25, -0.2) is 14.2 Å². The Labute approximate surface area is 360 Å². The molecule has 0 saturated carbocycles. The van der Waals surface area contributed by atoms with Crippen LogP contribution in [0.15, 0.2) is 65.3 Å². The van der Waals surface area contributed by atoms with Gasteiger partial charge >= 0.3 is 17.7 Å². The third-order valence-corrected chi connectivity index (χ3v) is 10.8. The number of nitrogens with zero attached hydrogens (tertiary/aromatic N) is 8. The lowest BCUT2D eigenvalue weighted by Gasteiger charge is -2.49. The molecule has 4 aromatic rings. The van der Waals surface area contributed by atoms with Crippen molar-refractivity contribution >= 4 is 69.2 Å². The Bertz CT molecular complexity index is 2220. The van der Waals surface area contributed by atoms with Crippen molar-refractivity contribution in [3.8, 4) is 5.75 Å². The Balaban J connectivity index is 0.00000661. The van der Waals surface area contributed by atoms with Crippen LogP contribution in [-0.4, -0.2) is 115 Å². The lowest BCUT2D eigenvalue weighted by atomic mass is 10.0. The monoisotopic (exact) mass is 914 g/mol. The SMILES string of the molecule is CCO/N=C(\C(=O)NC1C(=O)N2C(C(=O)OCc3ccc(OC)cc3)=C(C[n+]3cn(CCCN(C)C)c4cccnc43)CSC12)c1nsc(NC(=O)OC(C)(C)C)n1.[Br-]. The second-order valence-electron chi connectivity index (χ2n) is 14.6. The number of aromatic nitrogens is 5. The molecule has 2 aliphatic rings. The van der Waals surface area contributed by atoms with Gasteiger partial charge in [-0.15, -0.1) is 16.7 Å². The molecule has 18 nitrogen and oxygen atoms in total. The van der Waals surface area contributed by atoms with Crippen molar-refractivity contribution in [3.05, 3.63) is 71.6 Å². The molecule has 6 rings (SSSR count). The van der Waals surface area contributed by atoms with Gasteiger partial charge in [0, 0.05) is 29.4 Å². The molecule has 0 radical (unpaired) electrons. The van der Waals surface area contributed by atoms with E-state index in [0.717, 1.165) is 47.8 Å². The number of carbonyl (C=O) groups is 4. The van der Waals surface area contributed by atoms with Crippen molar-refractivity contribution in [2.24, 2.45) is 5.16 Å². The highest BCUT2D eigenvalue weighted by atomic mass is 79.9. The highest BCUT2D eigenvalue weighted by Crippen LogP contribution is 2.41. The summed E-state index contributed by atoms with van der Waals surface area (Å²) in [6, 6.07) is 10.0. The zero-order chi connectivity index (χ0) is 41.6. The Morgan fingerprint density at radius 3 is 2.59 bits per heavy atom. The Hall–Kier alpha value is -5.12. The first-order valence-corrected chi connectivity index (χ1v) is 20.4. The van der Waals surface area contributed by atoms with E-state index in [1.54, 1.807) is 65.3 Å². The fourth-order valence-corrected chi connectivity index (χ4v) is 8.08. The summed E-state index contributed by atoms with van der Waals surface area (Å²) in [6.45, 7) is 8.88. The summed E-state index contributed by atoms with van der Waals surface area (Å²) in [5, 5.41) is 8.59. The van der Waals surface area contributed by atoms with Crippen LogP contribution >= 0.6 is 23.3 Å². The van der Waals surface area contributed by atoms with E-state index in [4.69, 9.17) is 19.0 Å². The van der Waals surface area contributed by atoms with E-state index in [1.165, 1.54) is 16.7 Å². The number of thioether (sulfide) groups is 1. The number of ether oxygens (including phenoxy) is 3. The normalized spacial score (nSPS) is 16.6. The fourth-order valence-electron chi connectivity index (χ4n) is 6.19. The molecular formula is C38H47BrN10O8S2. The van der Waals surface area contributed by atoms with Gasteiger partial charge in [0.2, 0.25) is 16.7 Å². The van der Waals surface area contributed by atoms with Crippen molar-refractivity contribution in [1.29, 1.82) is 0 Å². The second-order valence-corrected chi connectivity index (χ2v) is 16.4. The number of hydrogen-bond acceptors (Lipinski definition) is 15. The maximum absolute atomic E-state index is 14.1. The summed E-state index contributed by atoms with van der Waals surface area (Å²) in [6.07, 6.45) is 3.88. The number of β-lactam (4-membered cyclic amide) rings is 1. The number of oxime groups is 1. The van der Waals surface area contributed by atoms with Crippen molar-refractivity contribution in [2.75, 3.05) is 45.4 Å². The molecule has 1 aromatic carbocycles. The van der Waals surface area contributed by atoms with Crippen molar-refractivity contribution < 1.29 is 59.8 Å². The number of carbonyl (C=O) groups excluding carboxylic acids is 4. The van der Waals surface area contributed by atoms with E-state index in [9.17, 15) is 19.2 Å². The smallest absolute Gasteiger partial charge is 0.414 e. The van der Waals surface area contributed by atoms with E-state index >= 15 is 0 Å². The lowest BCUT2D eigenvalue weighted by Crippen LogP contribution is -3.00. The van der Waals surface area contributed by atoms with Crippen LogP contribution in [0.2, 0.25) is 0 Å². The van der Waals surface area contributed by atoms with E-state index in [2.05, 4.69) is 39.6 Å². The molecule has 59 heavy (non-hydrogen) atoms. The number of imidazole rings is 1. The highest BCUT2D eigenvalue weighted by molar-refractivity contribution is 8.00. The quantitative estimate of drug-likeness (QED) is 0.0514. The van der Waals surface area contributed by atoms with Crippen LogP contribution in [0, 0.1) is 0 Å². The van der Waals surface area contributed by atoms with Gasteiger partial charge in [-0.1, -0.05) is 17.3 Å². The van der Waals surface area contributed by atoms with Gasteiger partial charge < -0.3 is 46.2 Å². The van der Waals surface area contributed by atoms with Gasteiger partial charge in [-0.05, 0) is 78.0 Å². The van der Waals surface area contributed by atoms with Crippen molar-refractivity contribution in [3.63, 3.8) is 0 Å². The zero-order valence-corrected chi connectivity index (χ0v) is 37.0. The molecule has 2 aliphatic heterocycles. The molecule has 0 aliphatic carbocycles. The maximum atomic E-state index is 14.1. The summed E-state index contributed by atoms with van der Waals surface area (Å²) in [5.41, 5.74) is 2.15. The fraction of sp³-hybridized carbons (Fsp3) is 0.447. The Kier molecular flexibility index (Phi) is 15.1. The van der Waals surface area contributed by atoms with Gasteiger partial charge in [0.15, 0.2) is 11.8 Å². The van der Waals surface area contributed by atoms with Crippen LogP contribution in [0.3, 0.4) is 0 Å². The number of benzene rings is 1. The number of hydrogen-bond donors (Lipinski definition) is 2. The molecule has 0 spiro atoms. The topological polar surface area (TPSA) is 196 Å². The minimum absolute atomic E-state index is 0. The molecule has 2 atom stereocenters. The van der Waals surface area contributed by atoms with Gasteiger partial charge in [-0.3, -0.25) is 24.4 Å². The largest absolute Gasteiger partial charge is 1.00 e. The maximum Gasteiger partial charge on any atom is 0.414 e. The Morgan fingerprint density at radius 2 is 1.90 bits per heavy atom. The summed E-state index contributed by atoms with van der Waals surface area (Å²) in [7, 11) is 5.64. The molecule has 1 saturated heterocycles. The molecule has 2 N–H and O–H groups in total. The number of aryl methyl sites for hydroxylation is 1. The van der Waals surface area contributed by atoms with Gasteiger partial charge in [0.1, 0.15) is 47.9 Å². The summed E-state index contributed by atoms with van der Waals surface area (Å²) < 4.78 is 24.7. The average molecular weight is 916 g/mol. The minimum Gasteiger partial charge on any atom is -1.00 e. The van der Waals surface area contributed by atoms with Crippen LogP contribution in [0.4, 0.5) is 9.93 Å². The number of fused-ring (bicyclic) bond motifs is 2. The third kappa shape index (κ3) is 10.9. The van der Waals surface area contributed by atoms with Crippen LogP contribution in [-0.2, 0) is 48.4 Å². The van der Waals surface area contributed by atoms with Crippen molar-refractivity contribution in [1.82, 2.24) is 34.0 Å². The van der Waals surface area contributed by atoms with Crippen LogP contribution in [0.1, 0.15) is 45.5 Å². The van der Waals surface area contributed by atoms with E-state index in [-0.39, 0.29) is 59.1 Å². The number of methoxy groups -OCH3 is 1. The second kappa shape index (κ2) is 19.8. The summed E-state index contributed by atoms with van der Waals surface area (Å²) in [5.74, 6) is -1.07. The van der Waals surface area contributed by atoms with Crippen LogP contribution < -0.4 is 36.9 Å². The molecular weight excluding hydrogens is 869 g/mol. The van der Waals surface area contributed by atoms with Crippen LogP contribution in [0.25, 0.3) is 11.2 Å². The number of pyridine rings is 1. The number of halogens is 1. The number of rotatable bonds is 16. The van der Waals surface area contributed by atoms with Crippen LogP contribution in [0.5, 0.6) is 5.75 Å². The molecule has 1 fully saturated rings. The standard InChI is InChI=1S/C38H46N10O8S2.BrH/c1-8-55-43-27(30-41-36(58-44-30)42-37(52)56-38(2,3)4)32(49)40-28-33(50)48-29(35(51)54-20-23-12-14-25(53-7)15-13-23)24(21-57-34(28)48)19-47-22-46(18-10-17-45(5)6)26-11-9-16-39-31(26)47;/h9,11-16,22,28,34H,8,10,17-21H2,1-7H3,(H-,40,41,42,44,49,52);1H/b43-27-;. The van der Waals surface area contributed by atoms with Gasteiger partial charge in [0.25, 0.3) is 11.8 Å². The first-order valence-electron chi connectivity index (χ1n) is 18.6. The number of amides is 3. The molecule has 5 heterocycles. The number of nitrogens with one attached hydrogen (secondary N) is 2. The molecule has 21 heteroatoms. The predicted molar refractivity (Wildman–Crippen MR) is 216 cm³/mol. The minimum atomic E-state index is -1.03. The third-order valence-electron chi connectivity index (χ3n) is 8.79. The summed E-state index contributed by atoms with van der Waals surface area (Å²) >= 11 is 2.22. The lowest BCUT2D eigenvalue weighted by molar-refractivity contribution is -0.665. The van der Waals surface area contributed by atoms with Crippen molar-refractivity contribution in [2.45, 2.75) is 70.8 Å². The highest BCUT2D eigenvalue weighted by Gasteiger charge is 2.55. The van der Waals surface area contributed by atoms with Gasteiger partial charge in [-0.2, -0.15) is 9.36 Å². The first-order chi connectivity index (χ1) is 27.8. The van der Waals surface area contributed by atoms with E-state index in [0.29, 0.717) is 17.1 Å². The Morgan fingerprint density at radius 1 is 1.14 bits per heavy atom. The predicted octanol–water partition coefficient (Wildman–Crippen LogP) is 0.325. The number of esters is 1. The zero-order valence-electron chi connectivity index (χ0n) is 33.8.